The molecular weight excluding hydrogens is 558 g/mol. The van der Waals surface area contributed by atoms with E-state index >= 15 is 0 Å². The zero-order valence-corrected chi connectivity index (χ0v) is 23.8. The molecule has 6 atom stereocenters. The van der Waals surface area contributed by atoms with Crippen LogP contribution < -0.4 is 0 Å². The summed E-state index contributed by atoms with van der Waals surface area (Å²) in [6.07, 6.45) is -8.53. The van der Waals surface area contributed by atoms with E-state index in [9.17, 15) is 33.6 Å². The molecule has 6 amide bonds. The summed E-state index contributed by atoms with van der Waals surface area (Å²) in [5.74, 6) is -3.32. The Balaban J connectivity index is 1.60. The summed E-state index contributed by atoms with van der Waals surface area (Å²) in [4.78, 5) is 92.9. The largest absolute Gasteiger partial charge is 0.459 e. The topological polar surface area (TPSA) is 175 Å². The fourth-order valence-corrected chi connectivity index (χ4v) is 4.78. The van der Waals surface area contributed by atoms with Gasteiger partial charge in [0.05, 0.1) is 0 Å². The molecule has 1 aromatic carbocycles. The van der Waals surface area contributed by atoms with Crippen molar-refractivity contribution >= 4 is 42.2 Å². The van der Waals surface area contributed by atoms with E-state index in [4.69, 9.17) is 23.7 Å². The first-order chi connectivity index (χ1) is 19.6. The van der Waals surface area contributed by atoms with Gasteiger partial charge in [-0.1, -0.05) is 30.3 Å². The van der Waals surface area contributed by atoms with Crippen molar-refractivity contribution in [2.45, 2.75) is 90.2 Å². The predicted molar refractivity (Wildman–Crippen MR) is 137 cm³/mol. The third kappa shape index (κ3) is 5.71. The number of cyclic esters (lactones) is 3. The van der Waals surface area contributed by atoms with E-state index in [2.05, 4.69) is 0 Å². The summed E-state index contributed by atoms with van der Waals surface area (Å²) in [7, 11) is 0. The zero-order valence-electron chi connectivity index (χ0n) is 23.8. The molecule has 3 saturated heterocycles. The average molecular weight is 590 g/mol. The number of amides is 6. The molecule has 4 rings (SSSR count). The van der Waals surface area contributed by atoms with Crippen LogP contribution in [0.5, 0.6) is 0 Å². The van der Waals surface area contributed by atoms with Crippen LogP contribution in [0.1, 0.15) is 47.1 Å². The summed E-state index contributed by atoms with van der Waals surface area (Å²) in [6.45, 7) is 8.45. The molecule has 42 heavy (non-hydrogen) atoms. The maximum absolute atomic E-state index is 13.8. The fraction of sp³-hybridized carbons (Fsp3) is 0.519. The van der Waals surface area contributed by atoms with Crippen LogP contribution in [0.15, 0.2) is 30.3 Å². The fourth-order valence-electron chi connectivity index (χ4n) is 4.78. The number of ether oxygens (including phenoxy) is 5. The molecular formula is C27H31N3O12. The molecule has 0 aliphatic carbocycles. The van der Waals surface area contributed by atoms with E-state index in [0.29, 0.717) is 20.3 Å². The Kier molecular flexibility index (Phi) is 8.14. The first-order valence-corrected chi connectivity index (χ1v) is 13.1. The van der Waals surface area contributed by atoms with Gasteiger partial charge in [-0.25, -0.2) is 33.8 Å². The van der Waals surface area contributed by atoms with Gasteiger partial charge in [-0.05, 0) is 47.1 Å². The second-order valence-corrected chi connectivity index (χ2v) is 11.0. The molecule has 3 heterocycles. The van der Waals surface area contributed by atoms with Crippen molar-refractivity contribution in [2.24, 2.45) is 0 Å². The highest BCUT2D eigenvalue weighted by molar-refractivity contribution is 6.09. The second kappa shape index (κ2) is 11.3. The van der Waals surface area contributed by atoms with Gasteiger partial charge in [-0.2, -0.15) is 4.90 Å². The molecule has 0 radical (unpaired) electrons. The molecule has 226 valence electrons. The van der Waals surface area contributed by atoms with E-state index < -0.39 is 84.2 Å². The number of esters is 1. The molecule has 15 heteroatoms. The van der Waals surface area contributed by atoms with Gasteiger partial charge in [0.1, 0.15) is 30.5 Å². The van der Waals surface area contributed by atoms with Crippen LogP contribution in [0, 0.1) is 0 Å². The van der Waals surface area contributed by atoms with Crippen LogP contribution >= 0.6 is 0 Å². The summed E-state index contributed by atoms with van der Waals surface area (Å²) < 4.78 is 25.9. The Morgan fingerprint density at radius 2 is 1.14 bits per heavy atom. The number of rotatable bonds is 5. The first kappa shape index (κ1) is 30.3. The Morgan fingerprint density at radius 1 is 0.714 bits per heavy atom. The van der Waals surface area contributed by atoms with Crippen LogP contribution in [0.3, 0.4) is 0 Å². The van der Waals surface area contributed by atoms with Gasteiger partial charge in [0.15, 0.2) is 18.1 Å². The minimum atomic E-state index is -1.77. The first-order valence-electron chi connectivity index (χ1n) is 13.1. The smallest absolute Gasteiger partial charge is 0.420 e. The van der Waals surface area contributed by atoms with Crippen molar-refractivity contribution in [3.8, 4) is 0 Å². The van der Waals surface area contributed by atoms with Gasteiger partial charge in [0, 0.05) is 0 Å². The molecule has 0 saturated carbocycles. The summed E-state index contributed by atoms with van der Waals surface area (Å²) in [6, 6.07) is 3.65. The zero-order chi connectivity index (χ0) is 31.1. The van der Waals surface area contributed by atoms with Gasteiger partial charge in [-0.15, -0.1) is 0 Å². The van der Waals surface area contributed by atoms with Gasteiger partial charge in [-0.3, -0.25) is 9.59 Å². The quantitative estimate of drug-likeness (QED) is 0.363. The molecule has 3 aliphatic heterocycles. The number of nitrogens with zero attached hydrogens (tertiary/aromatic N) is 3. The van der Waals surface area contributed by atoms with Crippen molar-refractivity contribution in [3.63, 3.8) is 0 Å². The lowest BCUT2D eigenvalue weighted by Gasteiger charge is -2.30. The van der Waals surface area contributed by atoms with Gasteiger partial charge < -0.3 is 23.7 Å². The third-order valence-corrected chi connectivity index (χ3v) is 6.66. The van der Waals surface area contributed by atoms with E-state index in [-0.39, 0.29) is 6.61 Å². The molecule has 0 N–H and O–H groups in total. The minimum absolute atomic E-state index is 0.154. The number of imide groups is 3. The summed E-state index contributed by atoms with van der Waals surface area (Å²) in [5, 5.41) is 0. The van der Waals surface area contributed by atoms with Crippen molar-refractivity contribution in [3.05, 3.63) is 35.9 Å². The number of benzene rings is 1. The molecule has 0 bridgehead atoms. The summed E-state index contributed by atoms with van der Waals surface area (Å²) in [5.41, 5.74) is -0.397. The molecule has 1 aromatic rings. The Hall–Kier alpha value is -4.69. The SMILES string of the molecule is C[C@H]1OC(=O)N(C(=O)OC(C)(C)C)[C@@H]1C(=O)N1C(=O)O[C@H](C)[C@H]1C(=O)N1C(=O)O[C@H](C)[C@H]1C(=O)OCc1ccccc1. The molecule has 0 aromatic heterocycles. The number of carbonyl (C=O) groups excluding carboxylic acids is 7. The normalized spacial score (nSPS) is 27.4. The van der Waals surface area contributed by atoms with Gasteiger partial charge in [0.25, 0.3) is 11.8 Å². The van der Waals surface area contributed by atoms with Crippen molar-refractivity contribution in [1.82, 2.24) is 14.7 Å². The molecule has 15 nitrogen and oxygen atoms in total. The Labute approximate surface area is 240 Å². The van der Waals surface area contributed by atoms with Crippen molar-refractivity contribution in [2.75, 3.05) is 0 Å². The van der Waals surface area contributed by atoms with Gasteiger partial charge >= 0.3 is 30.3 Å². The van der Waals surface area contributed by atoms with E-state index in [1.165, 1.54) is 41.5 Å². The molecule has 3 fully saturated rings. The van der Waals surface area contributed by atoms with E-state index in [1.54, 1.807) is 30.3 Å². The molecule has 0 spiro atoms. The second-order valence-electron chi connectivity index (χ2n) is 11.0. The lowest BCUT2D eigenvalue weighted by Crippen LogP contribution is -2.60. The highest BCUT2D eigenvalue weighted by Crippen LogP contribution is 2.31. The summed E-state index contributed by atoms with van der Waals surface area (Å²) >= 11 is 0. The van der Waals surface area contributed by atoms with Gasteiger partial charge in [0.2, 0.25) is 0 Å². The standard InChI is InChI=1S/C27H31N3O12/c1-13-17(20(31)29-19(15(3)41-24(29)35)22(33)38-12-16-10-8-7-9-11-16)28(23(34)39-13)21(32)18-14(2)40-25(36)30(18)26(37)42-27(4,5)6/h7-11,13-15,17-19H,12H2,1-6H3/t13-,14-,15-,17+,18+,19+/m1/s1. The molecule has 0 unspecified atom stereocenters. The van der Waals surface area contributed by atoms with Crippen LogP contribution in [0.4, 0.5) is 19.2 Å². The number of hydrogen-bond acceptors (Lipinski definition) is 12. The lowest BCUT2D eigenvalue weighted by atomic mass is 10.1. The third-order valence-electron chi connectivity index (χ3n) is 6.66. The highest BCUT2D eigenvalue weighted by Gasteiger charge is 2.59. The number of carbonyl (C=O) groups is 7. The number of hydrogen-bond donors (Lipinski definition) is 0. The minimum Gasteiger partial charge on any atom is -0.459 e. The maximum atomic E-state index is 13.8. The van der Waals surface area contributed by atoms with Crippen LogP contribution in [0.2, 0.25) is 0 Å². The Morgan fingerprint density at radius 3 is 1.64 bits per heavy atom. The lowest BCUT2D eigenvalue weighted by molar-refractivity contribution is -0.155. The predicted octanol–water partition coefficient (Wildman–Crippen LogP) is 2.35. The van der Waals surface area contributed by atoms with E-state index in [1.807, 2.05) is 0 Å². The maximum Gasteiger partial charge on any atom is 0.420 e. The molecule has 3 aliphatic rings. The van der Waals surface area contributed by atoms with Crippen molar-refractivity contribution < 1.29 is 57.2 Å². The average Bonchev–Trinajstić information content (AvgIpc) is 3.48. The van der Waals surface area contributed by atoms with Crippen LogP contribution in [-0.4, -0.2) is 98.9 Å². The van der Waals surface area contributed by atoms with Crippen molar-refractivity contribution in [1.29, 1.82) is 0 Å². The monoisotopic (exact) mass is 589 g/mol. The highest BCUT2D eigenvalue weighted by atomic mass is 16.6. The van der Waals surface area contributed by atoms with Crippen LogP contribution in [-0.2, 0) is 44.7 Å². The van der Waals surface area contributed by atoms with Crippen LogP contribution in [0.25, 0.3) is 0 Å². The Bertz CT molecular complexity index is 1310. The van der Waals surface area contributed by atoms with E-state index in [0.717, 1.165) is 0 Å².